The smallest absolute Gasteiger partial charge is 0.222 e. The van der Waals surface area contributed by atoms with Crippen LogP contribution in [0.2, 0.25) is 5.02 Å². The fraction of sp³-hybridized carbons (Fsp3) is 0.474. The zero-order valence-corrected chi connectivity index (χ0v) is 16.5. The van der Waals surface area contributed by atoms with E-state index in [4.69, 9.17) is 31.9 Å². The summed E-state index contributed by atoms with van der Waals surface area (Å²) in [6, 6.07) is 7.13. The fourth-order valence-electron chi connectivity index (χ4n) is 3.14. The highest BCUT2D eigenvalue weighted by molar-refractivity contribution is 6.31. The summed E-state index contributed by atoms with van der Waals surface area (Å²) in [5, 5.41) is 18.8. The molecule has 1 saturated heterocycles. The minimum Gasteiger partial charge on any atom is -0.491 e. The predicted molar refractivity (Wildman–Crippen MR) is 107 cm³/mol. The number of halogens is 1. The van der Waals surface area contributed by atoms with E-state index in [1.807, 2.05) is 19.1 Å². The van der Waals surface area contributed by atoms with Gasteiger partial charge < -0.3 is 30.3 Å². The summed E-state index contributed by atoms with van der Waals surface area (Å²) < 4.78 is 11.3. The molecule has 0 saturated carbocycles. The quantitative estimate of drug-likeness (QED) is 0.662. The van der Waals surface area contributed by atoms with Gasteiger partial charge in [0.1, 0.15) is 24.3 Å². The first kappa shape index (κ1) is 20.6. The predicted octanol–water partition coefficient (Wildman–Crippen LogP) is 1.72. The molecule has 1 aliphatic heterocycles. The maximum absolute atomic E-state index is 9.43. The van der Waals surface area contributed by atoms with Crippen LogP contribution < -0.4 is 15.4 Å². The van der Waals surface area contributed by atoms with Crippen molar-refractivity contribution in [2.75, 3.05) is 43.6 Å². The first-order valence-corrected chi connectivity index (χ1v) is 9.52. The van der Waals surface area contributed by atoms with Gasteiger partial charge in [0.2, 0.25) is 5.95 Å². The molecule has 2 atom stereocenters. The van der Waals surface area contributed by atoms with Crippen molar-refractivity contribution in [2.24, 2.45) is 0 Å². The van der Waals surface area contributed by atoms with E-state index in [-0.39, 0.29) is 25.2 Å². The van der Waals surface area contributed by atoms with E-state index in [1.165, 1.54) is 0 Å². The van der Waals surface area contributed by atoms with Crippen molar-refractivity contribution >= 4 is 23.4 Å². The molecule has 2 heterocycles. The highest BCUT2D eigenvalue weighted by atomic mass is 35.5. The molecule has 1 unspecified atom stereocenters. The van der Waals surface area contributed by atoms with Crippen LogP contribution in [0.15, 0.2) is 24.3 Å². The van der Waals surface area contributed by atoms with Crippen LogP contribution in [0.4, 0.5) is 11.8 Å². The summed E-state index contributed by atoms with van der Waals surface area (Å²) in [4.78, 5) is 10.7. The molecule has 1 fully saturated rings. The number of nitrogens with two attached hydrogens (primary N) is 1. The lowest BCUT2D eigenvalue weighted by atomic mass is 10.1. The Kier molecular flexibility index (Phi) is 6.90. The average molecular weight is 409 g/mol. The van der Waals surface area contributed by atoms with Gasteiger partial charge in [0.05, 0.1) is 19.3 Å². The number of benzene rings is 1. The van der Waals surface area contributed by atoms with E-state index in [0.29, 0.717) is 24.0 Å². The molecule has 8 nitrogen and oxygen atoms in total. The maximum Gasteiger partial charge on any atom is 0.222 e. The van der Waals surface area contributed by atoms with Crippen LogP contribution in [-0.2, 0) is 4.74 Å². The molecule has 9 heteroatoms. The van der Waals surface area contributed by atoms with Gasteiger partial charge in [-0.2, -0.15) is 4.98 Å². The minimum atomic E-state index is -0.935. The Morgan fingerprint density at radius 2 is 2.21 bits per heavy atom. The normalized spacial score (nSPS) is 18.6. The second-order valence-corrected chi connectivity index (χ2v) is 7.10. The third-order valence-corrected chi connectivity index (χ3v) is 4.80. The molecule has 1 aromatic heterocycles. The van der Waals surface area contributed by atoms with E-state index in [9.17, 15) is 5.11 Å². The number of aromatic nitrogens is 2. The molecule has 1 aromatic carbocycles. The Balaban J connectivity index is 1.87. The molecule has 28 heavy (non-hydrogen) atoms. The number of hydrogen-bond acceptors (Lipinski definition) is 8. The topological polar surface area (TPSA) is 114 Å². The van der Waals surface area contributed by atoms with Gasteiger partial charge >= 0.3 is 0 Å². The van der Waals surface area contributed by atoms with E-state index < -0.39 is 6.10 Å². The Morgan fingerprint density at radius 1 is 1.39 bits per heavy atom. The van der Waals surface area contributed by atoms with Crippen molar-refractivity contribution in [1.82, 2.24) is 9.97 Å². The van der Waals surface area contributed by atoms with Gasteiger partial charge in [-0.05, 0) is 31.0 Å². The number of aliphatic hydroxyl groups excluding tert-OH is 2. The van der Waals surface area contributed by atoms with Gasteiger partial charge in [-0.3, -0.25) is 0 Å². The van der Waals surface area contributed by atoms with E-state index in [2.05, 4.69) is 14.9 Å². The van der Waals surface area contributed by atoms with E-state index >= 15 is 0 Å². The van der Waals surface area contributed by atoms with Crippen molar-refractivity contribution in [3.05, 3.63) is 40.5 Å². The fourth-order valence-corrected chi connectivity index (χ4v) is 3.44. The second-order valence-electron chi connectivity index (χ2n) is 6.69. The lowest BCUT2D eigenvalue weighted by Crippen LogP contribution is -2.32. The second kappa shape index (κ2) is 9.38. The number of nitrogen functional groups attached to an aromatic ring is 1. The van der Waals surface area contributed by atoms with Gasteiger partial charge in [-0.15, -0.1) is 0 Å². The lowest BCUT2D eigenvalue weighted by molar-refractivity contribution is 0.0536. The van der Waals surface area contributed by atoms with Gasteiger partial charge in [0.15, 0.2) is 0 Å². The molecule has 0 radical (unpaired) electrons. The van der Waals surface area contributed by atoms with Crippen LogP contribution in [-0.4, -0.2) is 59.3 Å². The standard InChI is InChI=1S/C19H25ClN4O4/c1-12-7-18(23-19(21)22-12)24-5-2-6-27-11-17(24)15-4-3-14(8-16(15)20)28-10-13(26)9-25/h3-4,7-8,13,17,25-26H,2,5-6,9-11H2,1H3,(H2,21,22,23)/t13-,17?/m0/s1. The zero-order valence-electron chi connectivity index (χ0n) is 15.7. The molecule has 0 bridgehead atoms. The molecular formula is C19H25ClN4O4. The molecule has 0 amide bonds. The lowest BCUT2D eigenvalue weighted by Gasteiger charge is -2.31. The van der Waals surface area contributed by atoms with Gasteiger partial charge in [0, 0.05) is 29.9 Å². The van der Waals surface area contributed by atoms with Gasteiger partial charge in [0.25, 0.3) is 0 Å². The molecule has 0 aliphatic carbocycles. The first-order valence-electron chi connectivity index (χ1n) is 9.14. The van der Waals surface area contributed by atoms with Crippen LogP contribution in [0, 0.1) is 6.92 Å². The monoisotopic (exact) mass is 408 g/mol. The largest absolute Gasteiger partial charge is 0.491 e. The van der Waals surface area contributed by atoms with Crippen LogP contribution in [0.1, 0.15) is 23.7 Å². The van der Waals surface area contributed by atoms with Gasteiger partial charge in [-0.25, -0.2) is 4.98 Å². The summed E-state index contributed by atoms with van der Waals surface area (Å²) in [5.41, 5.74) is 7.53. The molecular weight excluding hydrogens is 384 g/mol. The van der Waals surface area contributed by atoms with Crippen LogP contribution in [0.25, 0.3) is 0 Å². The number of aliphatic hydroxyl groups is 2. The minimum absolute atomic E-state index is 0.00959. The van der Waals surface area contributed by atoms with Crippen molar-refractivity contribution in [1.29, 1.82) is 0 Å². The number of anilines is 2. The Labute approximate surface area is 168 Å². The number of rotatable bonds is 6. The summed E-state index contributed by atoms with van der Waals surface area (Å²) in [7, 11) is 0. The van der Waals surface area contributed by atoms with Crippen LogP contribution in [0.3, 0.4) is 0 Å². The SMILES string of the molecule is Cc1cc(N2CCCOCC2c2ccc(OC[C@@H](O)CO)cc2Cl)nc(N)n1. The van der Waals surface area contributed by atoms with Crippen LogP contribution >= 0.6 is 11.6 Å². The Hall–Kier alpha value is -2.13. The van der Waals surface area contributed by atoms with Crippen molar-refractivity contribution in [3.8, 4) is 5.75 Å². The summed E-state index contributed by atoms with van der Waals surface area (Å²) in [6.45, 7) is 3.38. The zero-order chi connectivity index (χ0) is 20.1. The van der Waals surface area contributed by atoms with Crippen molar-refractivity contribution in [2.45, 2.75) is 25.5 Å². The summed E-state index contributed by atoms with van der Waals surface area (Å²) in [5.74, 6) is 1.49. The molecule has 4 N–H and O–H groups in total. The molecule has 0 spiro atoms. The van der Waals surface area contributed by atoms with E-state index in [1.54, 1.807) is 12.1 Å². The van der Waals surface area contributed by atoms with E-state index in [0.717, 1.165) is 30.0 Å². The van der Waals surface area contributed by atoms with Crippen LogP contribution in [0.5, 0.6) is 5.75 Å². The highest BCUT2D eigenvalue weighted by Crippen LogP contribution is 2.34. The number of hydrogen-bond donors (Lipinski definition) is 3. The summed E-state index contributed by atoms with van der Waals surface area (Å²) >= 11 is 6.55. The molecule has 3 rings (SSSR count). The van der Waals surface area contributed by atoms with Crippen molar-refractivity contribution < 1.29 is 19.7 Å². The maximum atomic E-state index is 9.43. The molecule has 2 aromatic rings. The molecule has 1 aliphatic rings. The Morgan fingerprint density at radius 3 is 2.93 bits per heavy atom. The summed E-state index contributed by atoms with van der Waals surface area (Å²) in [6.07, 6.45) is -0.0761. The first-order chi connectivity index (χ1) is 13.5. The average Bonchev–Trinajstić information content (AvgIpc) is 2.91. The number of aryl methyl sites for hydroxylation is 1. The highest BCUT2D eigenvalue weighted by Gasteiger charge is 2.27. The molecule has 152 valence electrons. The number of nitrogens with zero attached hydrogens (tertiary/aromatic N) is 3. The third kappa shape index (κ3) is 5.02. The number of ether oxygens (including phenoxy) is 2. The van der Waals surface area contributed by atoms with Gasteiger partial charge in [-0.1, -0.05) is 17.7 Å². The third-order valence-electron chi connectivity index (χ3n) is 4.48. The Bertz CT molecular complexity index is 787. The van der Waals surface area contributed by atoms with Crippen molar-refractivity contribution in [3.63, 3.8) is 0 Å².